The molecule has 4 bridgehead atoms. The van der Waals surface area contributed by atoms with Gasteiger partial charge in [0.25, 0.3) is 6.43 Å². The molecule has 3 aromatic carbocycles. The number of hydrogen-bond acceptors (Lipinski definition) is 7. The van der Waals surface area contributed by atoms with Crippen LogP contribution in [0.25, 0.3) is 0 Å². The van der Waals surface area contributed by atoms with Gasteiger partial charge in [-0.25, -0.2) is 8.78 Å². The Morgan fingerprint density at radius 2 is 1.86 bits per heavy atom. The Bertz CT molecular complexity index is 1470. The molecule has 4 rings (SSSR count). The van der Waals surface area contributed by atoms with E-state index in [1.807, 2.05) is 6.07 Å². The summed E-state index contributed by atoms with van der Waals surface area (Å²) in [4.78, 5) is 39.3. The van der Waals surface area contributed by atoms with E-state index in [0.717, 1.165) is 0 Å². The molecule has 0 radical (unpaired) electrons. The number of rotatable bonds is 8. The second-order valence-electron chi connectivity index (χ2n) is 9.58. The van der Waals surface area contributed by atoms with Gasteiger partial charge < -0.3 is 25.4 Å². The zero-order valence-corrected chi connectivity index (χ0v) is 22.9. The predicted molar refractivity (Wildman–Crippen MR) is 151 cm³/mol. The topological polar surface area (TPSA) is 130 Å². The van der Waals surface area contributed by atoms with Crippen molar-refractivity contribution in [3.05, 3.63) is 89.0 Å². The fraction of sp³-hybridized carbons (Fsp3) is 0.290. The van der Waals surface area contributed by atoms with Gasteiger partial charge >= 0.3 is 5.97 Å². The minimum Gasteiger partial charge on any atom is -0.487 e. The molecule has 42 heavy (non-hydrogen) atoms. The number of nitriles is 1. The number of alkyl halides is 2. The van der Waals surface area contributed by atoms with Crippen LogP contribution in [0.4, 0.5) is 20.2 Å². The Hall–Kier alpha value is -4.98. The maximum atomic E-state index is 13.9. The van der Waals surface area contributed by atoms with E-state index in [-0.39, 0.29) is 37.5 Å². The highest BCUT2D eigenvalue weighted by atomic mass is 19.3. The summed E-state index contributed by atoms with van der Waals surface area (Å²) in [6.45, 7) is 1.03. The zero-order valence-electron chi connectivity index (χ0n) is 22.9. The summed E-state index contributed by atoms with van der Waals surface area (Å²) in [5, 5.41) is 18.1. The molecule has 0 aromatic heterocycles. The van der Waals surface area contributed by atoms with Crippen molar-refractivity contribution >= 4 is 29.2 Å². The summed E-state index contributed by atoms with van der Waals surface area (Å²) in [5.41, 5.74) is 2.96. The molecule has 11 heteroatoms. The Morgan fingerprint density at radius 3 is 2.57 bits per heavy atom. The molecule has 1 heterocycles. The van der Waals surface area contributed by atoms with Crippen molar-refractivity contribution in [1.82, 2.24) is 5.32 Å². The van der Waals surface area contributed by atoms with Gasteiger partial charge in [-0.3, -0.25) is 14.4 Å². The lowest BCUT2D eigenvalue weighted by Crippen LogP contribution is -2.37. The van der Waals surface area contributed by atoms with Gasteiger partial charge in [-0.05, 0) is 78.6 Å². The van der Waals surface area contributed by atoms with Gasteiger partial charge in [-0.2, -0.15) is 5.26 Å². The highest BCUT2D eigenvalue weighted by Gasteiger charge is 2.27. The molecule has 0 fully saturated rings. The van der Waals surface area contributed by atoms with E-state index >= 15 is 0 Å². The lowest BCUT2D eigenvalue weighted by Gasteiger charge is -2.26. The van der Waals surface area contributed by atoms with Crippen molar-refractivity contribution in [1.29, 1.82) is 5.26 Å². The number of hydrogen-bond donors (Lipinski definition) is 3. The number of fused-ring (bicyclic) bond motifs is 4. The van der Waals surface area contributed by atoms with Crippen LogP contribution >= 0.6 is 0 Å². The third-order valence-electron chi connectivity index (χ3n) is 6.56. The first kappa shape index (κ1) is 30.0. The van der Waals surface area contributed by atoms with Crippen LogP contribution in [0.1, 0.15) is 54.1 Å². The van der Waals surface area contributed by atoms with Crippen molar-refractivity contribution in [2.45, 2.75) is 44.7 Å². The van der Waals surface area contributed by atoms with Crippen LogP contribution in [0.15, 0.2) is 66.7 Å². The zero-order chi connectivity index (χ0) is 30.1. The van der Waals surface area contributed by atoms with Crippen molar-refractivity contribution in [3.8, 4) is 11.8 Å². The largest absolute Gasteiger partial charge is 0.487 e. The number of ether oxygens (including phenoxy) is 2. The molecule has 3 N–H and O–H groups in total. The summed E-state index contributed by atoms with van der Waals surface area (Å²) in [7, 11) is 0. The number of halogens is 2. The lowest BCUT2D eigenvalue weighted by atomic mass is 9.97. The molecule has 9 nitrogen and oxygen atoms in total. The van der Waals surface area contributed by atoms with Gasteiger partial charge in [-0.1, -0.05) is 18.2 Å². The summed E-state index contributed by atoms with van der Waals surface area (Å²) in [5.74, 6) is -1.13. The van der Waals surface area contributed by atoms with Gasteiger partial charge in [0.2, 0.25) is 11.8 Å². The quantitative estimate of drug-likeness (QED) is 0.320. The van der Waals surface area contributed by atoms with E-state index in [0.29, 0.717) is 33.6 Å². The van der Waals surface area contributed by atoms with Crippen molar-refractivity contribution in [2.24, 2.45) is 0 Å². The van der Waals surface area contributed by atoms with E-state index in [9.17, 15) is 23.2 Å². The number of amides is 2. The molecule has 0 aliphatic carbocycles. The summed E-state index contributed by atoms with van der Waals surface area (Å²) in [6, 6.07) is 18.3. The Morgan fingerprint density at radius 1 is 1.07 bits per heavy atom. The van der Waals surface area contributed by atoms with Crippen LogP contribution in [0, 0.1) is 11.3 Å². The molecule has 2 amide bonds. The fourth-order valence-electron chi connectivity index (χ4n) is 4.57. The first-order valence-corrected chi connectivity index (χ1v) is 13.4. The monoisotopic (exact) mass is 576 g/mol. The first-order valence-electron chi connectivity index (χ1n) is 13.4. The summed E-state index contributed by atoms with van der Waals surface area (Å²) in [6.07, 6.45) is -2.68. The normalized spacial score (nSPS) is 16.8. The van der Waals surface area contributed by atoms with Gasteiger partial charge in [0.05, 0.1) is 30.7 Å². The molecule has 0 saturated heterocycles. The highest BCUT2D eigenvalue weighted by Crippen LogP contribution is 2.30. The molecular weight excluding hydrogens is 546 g/mol. The van der Waals surface area contributed by atoms with Crippen LogP contribution in [0.2, 0.25) is 0 Å². The van der Waals surface area contributed by atoms with E-state index in [1.54, 1.807) is 67.6 Å². The van der Waals surface area contributed by atoms with Crippen LogP contribution in [-0.4, -0.2) is 37.4 Å². The molecule has 218 valence electrons. The number of carbonyl (C=O) groups excluding carboxylic acids is 3. The molecule has 0 spiro atoms. The maximum Gasteiger partial charge on any atom is 0.308 e. The average molecular weight is 577 g/mol. The highest BCUT2D eigenvalue weighted by molar-refractivity contribution is 5.91. The molecular formula is C31H30F2N4O5. The average Bonchev–Trinajstić information content (AvgIpc) is 2.97. The molecule has 0 saturated carbocycles. The van der Waals surface area contributed by atoms with E-state index in [4.69, 9.17) is 14.7 Å². The Balaban J connectivity index is 1.78. The van der Waals surface area contributed by atoms with E-state index < -0.39 is 37.0 Å². The molecule has 1 aliphatic heterocycles. The standard InChI is InChI=1S/C31H30F2N4O5/c1-2-41-29(39)16-25-20-4-3-5-24(15-20)35-28(38)13-9-21-14-22(8-12-26(21)42-18-27(32)33)30(31(40)37-25)36-23-10-6-19(17-34)7-11-23/h3-8,10-12,14-15,25,27,30,36H,2,9,13,16,18H2,1H3,(H,35,38)(H,37,40). The predicted octanol–water partition coefficient (Wildman–Crippen LogP) is 5.05. The minimum absolute atomic E-state index is 0.0187. The lowest BCUT2D eigenvalue weighted by molar-refractivity contribution is -0.143. The van der Waals surface area contributed by atoms with Crippen LogP contribution in [0.5, 0.6) is 5.75 Å². The summed E-state index contributed by atoms with van der Waals surface area (Å²) >= 11 is 0. The second kappa shape index (κ2) is 14.1. The second-order valence-corrected chi connectivity index (χ2v) is 9.58. The molecule has 1 aliphatic rings. The van der Waals surface area contributed by atoms with Crippen molar-refractivity contribution in [3.63, 3.8) is 0 Å². The van der Waals surface area contributed by atoms with Gasteiger partial charge in [-0.15, -0.1) is 0 Å². The van der Waals surface area contributed by atoms with Gasteiger partial charge in [0.1, 0.15) is 18.4 Å². The third-order valence-corrected chi connectivity index (χ3v) is 6.56. The fourth-order valence-corrected chi connectivity index (χ4v) is 4.57. The number of aryl methyl sites for hydroxylation is 1. The number of benzene rings is 3. The van der Waals surface area contributed by atoms with Gasteiger partial charge in [0.15, 0.2) is 0 Å². The SMILES string of the molecule is CCOC(=O)CC1NC(=O)C(Nc2ccc(C#N)cc2)c2ccc(OCC(F)F)c(c2)CCC(=O)Nc2cccc1c2. The number of carbonyl (C=O) groups is 3. The van der Waals surface area contributed by atoms with Crippen LogP contribution < -0.4 is 20.7 Å². The molecule has 3 aromatic rings. The number of esters is 1. The smallest absolute Gasteiger partial charge is 0.308 e. The van der Waals surface area contributed by atoms with E-state index in [1.165, 1.54) is 6.07 Å². The van der Waals surface area contributed by atoms with Crippen LogP contribution in [-0.2, 0) is 25.5 Å². The molecule has 2 atom stereocenters. The third kappa shape index (κ3) is 8.04. The Kier molecular flexibility index (Phi) is 10.1. The first-order chi connectivity index (χ1) is 20.2. The van der Waals surface area contributed by atoms with Gasteiger partial charge in [0, 0.05) is 17.8 Å². The minimum atomic E-state index is -2.70. The van der Waals surface area contributed by atoms with E-state index in [2.05, 4.69) is 16.0 Å². The van der Waals surface area contributed by atoms with Crippen LogP contribution in [0.3, 0.4) is 0 Å². The van der Waals surface area contributed by atoms with Crippen molar-refractivity contribution in [2.75, 3.05) is 23.8 Å². The number of anilines is 2. The summed E-state index contributed by atoms with van der Waals surface area (Å²) < 4.78 is 36.3. The maximum absolute atomic E-state index is 13.9. The molecule has 2 unspecified atom stereocenters. The van der Waals surface area contributed by atoms with Crippen molar-refractivity contribution < 1.29 is 32.6 Å². The number of nitrogens with zero attached hydrogens (tertiary/aromatic N) is 1. The Labute approximate surface area is 241 Å². The number of nitrogens with one attached hydrogen (secondary N) is 3.